The molecule has 2 N–H and O–H groups in total. The Morgan fingerprint density at radius 3 is 1.47 bits per heavy atom. The number of benzene rings is 2. The normalized spacial score (nSPS) is 10.8. The predicted octanol–water partition coefficient (Wildman–Crippen LogP) is 4.00. The summed E-state index contributed by atoms with van der Waals surface area (Å²) in [5, 5.41) is 0. The maximum atomic E-state index is 6.56. The molecule has 0 heterocycles. The van der Waals surface area contributed by atoms with Crippen LogP contribution >= 0.6 is 12.4 Å². The van der Waals surface area contributed by atoms with Crippen molar-refractivity contribution in [3.05, 3.63) is 71.8 Å². The van der Waals surface area contributed by atoms with E-state index >= 15 is 0 Å². The van der Waals surface area contributed by atoms with Gasteiger partial charge in [0.1, 0.15) is 0 Å². The van der Waals surface area contributed by atoms with E-state index in [2.05, 4.69) is 55.5 Å². The molecule has 0 aliphatic heterocycles. The molecule has 0 radical (unpaired) electrons. The monoisotopic (exact) mass is 275 g/mol. The number of halogens is 1. The third kappa shape index (κ3) is 4.70. The van der Waals surface area contributed by atoms with Crippen molar-refractivity contribution in [3.8, 4) is 0 Å². The van der Waals surface area contributed by atoms with Crippen LogP contribution in [0, 0.1) is 0 Å². The average molecular weight is 276 g/mol. The van der Waals surface area contributed by atoms with Crippen LogP contribution in [0.2, 0.25) is 0 Å². The van der Waals surface area contributed by atoms with Crippen molar-refractivity contribution in [2.75, 3.05) is 0 Å². The van der Waals surface area contributed by atoms with Crippen molar-refractivity contribution in [3.63, 3.8) is 0 Å². The van der Waals surface area contributed by atoms with Crippen LogP contribution in [0.25, 0.3) is 0 Å². The smallest absolute Gasteiger partial charge is 0.0233 e. The molecule has 0 saturated heterocycles. The van der Waals surface area contributed by atoms with Gasteiger partial charge in [-0.3, -0.25) is 0 Å². The molecular formula is C17H22ClN. The number of hydrogen-bond donors (Lipinski definition) is 1. The molecule has 2 heteroatoms. The van der Waals surface area contributed by atoms with E-state index in [1.165, 1.54) is 11.1 Å². The highest BCUT2D eigenvalue weighted by Gasteiger charge is 2.23. The summed E-state index contributed by atoms with van der Waals surface area (Å²) in [4.78, 5) is 0. The van der Waals surface area contributed by atoms with E-state index in [1.54, 1.807) is 0 Å². The molecule has 0 aliphatic rings. The minimum absolute atomic E-state index is 0. The number of nitrogens with two attached hydrogens (primary N) is 1. The van der Waals surface area contributed by atoms with Gasteiger partial charge in [0, 0.05) is 5.54 Å². The lowest BCUT2D eigenvalue weighted by Crippen LogP contribution is -2.43. The molecule has 0 spiro atoms. The van der Waals surface area contributed by atoms with E-state index in [4.69, 9.17) is 5.73 Å². The van der Waals surface area contributed by atoms with Crippen LogP contribution < -0.4 is 5.73 Å². The fraction of sp³-hybridized carbons (Fsp3) is 0.294. The quantitative estimate of drug-likeness (QED) is 0.877. The Bertz CT molecular complexity index is 426. The second kappa shape index (κ2) is 7.32. The highest BCUT2D eigenvalue weighted by atomic mass is 35.5. The Labute approximate surface area is 122 Å². The summed E-state index contributed by atoms with van der Waals surface area (Å²) in [6.07, 6.45) is 2.84. The average Bonchev–Trinajstić information content (AvgIpc) is 2.41. The van der Waals surface area contributed by atoms with E-state index in [-0.39, 0.29) is 17.9 Å². The van der Waals surface area contributed by atoms with Crippen LogP contribution in [0.1, 0.15) is 24.5 Å². The van der Waals surface area contributed by atoms with E-state index in [0.29, 0.717) is 0 Å². The molecular weight excluding hydrogens is 254 g/mol. The molecule has 0 atom stereocenters. The lowest BCUT2D eigenvalue weighted by Gasteiger charge is -2.28. The van der Waals surface area contributed by atoms with Gasteiger partial charge < -0.3 is 5.73 Å². The maximum absolute atomic E-state index is 6.56. The number of rotatable bonds is 5. The Morgan fingerprint density at radius 2 is 1.16 bits per heavy atom. The molecule has 0 aromatic heterocycles. The van der Waals surface area contributed by atoms with Crippen molar-refractivity contribution in [1.29, 1.82) is 0 Å². The molecule has 0 aliphatic carbocycles. The molecule has 2 rings (SSSR count). The first-order chi connectivity index (χ1) is 8.72. The van der Waals surface area contributed by atoms with Crippen molar-refractivity contribution >= 4 is 12.4 Å². The van der Waals surface area contributed by atoms with Gasteiger partial charge in [0.15, 0.2) is 0 Å². The van der Waals surface area contributed by atoms with Gasteiger partial charge in [0.25, 0.3) is 0 Å². The van der Waals surface area contributed by atoms with Crippen molar-refractivity contribution < 1.29 is 0 Å². The van der Waals surface area contributed by atoms with Crippen LogP contribution in [0.5, 0.6) is 0 Å². The Balaban J connectivity index is 0.00000180. The molecule has 2 aromatic carbocycles. The maximum Gasteiger partial charge on any atom is 0.0233 e. The lowest BCUT2D eigenvalue weighted by atomic mass is 9.83. The summed E-state index contributed by atoms with van der Waals surface area (Å²) in [6.45, 7) is 2.17. The molecule has 0 saturated carbocycles. The first kappa shape index (κ1) is 15.7. The van der Waals surface area contributed by atoms with Crippen molar-refractivity contribution in [2.45, 2.75) is 31.7 Å². The first-order valence-electron chi connectivity index (χ1n) is 6.58. The van der Waals surface area contributed by atoms with Crippen LogP contribution in [0.3, 0.4) is 0 Å². The fourth-order valence-electron chi connectivity index (χ4n) is 2.32. The zero-order valence-corrected chi connectivity index (χ0v) is 12.2. The van der Waals surface area contributed by atoms with Gasteiger partial charge in [0.2, 0.25) is 0 Å². The summed E-state index contributed by atoms with van der Waals surface area (Å²) in [7, 11) is 0. The van der Waals surface area contributed by atoms with Crippen LogP contribution in [-0.2, 0) is 12.8 Å². The third-order valence-corrected chi connectivity index (χ3v) is 3.50. The van der Waals surface area contributed by atoms with Gasteiger partial charge in [0.05, 0.1) is 0 Å². The Hall–Kier alpha value is -1.31. The molecule has 2 aromatic rings. The number of hydrogen-bond acceptors (Lipinski definition) is 1. The van der Waals surface area contributed by atoms with Gasteiger partial charge in [-0.1, -0.05) is 67.6 Å². The standard InChI is InChI=1S/C17H21N.ClH/c1-2-17(18,13-15-9-5-3-6-10-15)14-16-11-7-4-8-12-16;/h3-12H,2,13-14,18H2,1H3;1H. The first-order valence-corrected chi connectivity index (χ1v) is 6.58. The summed E-state index contributed by atoms with van der Waals surface area (Å²) in [5.41, 5.74) is 9.05. The van der Waals surface area contributed by atoms with Crippen LogP contribution in [-0.4, -0.2) is 5.54 Å². The summed E-state index contributed by atoms with van der Waals surface area (Å²) in [5.74, 6) is 0. The molecule has 1 nitrogen and oxygen atoms in total. The van der Waals surface area contributed by atoms with E-state index in [1.807, 2.05) is 12.1 Å². The summed E-state index contributed by atoms with van der Waals surface area (Å²) >= 11 is 0. The highest BCUT2D eigenvalue weighted by molar-refractivity contribution is 5.85. The second-order valence-electron chi connectivity index (χ2n) is 5.04. The SMILES string of the molecule is CCC(N)(Cc1ccccc1)Cc1ccccc1.Cl. The highest BCUT2D eigenvalue weighted by Crippen LogP contribution is 2.20. The van der Waals surface area contributed by atoms with E-state index in [9.17, 15) is 0 Å². The van der Waals surface area contributed by atoms with Crippen LogP contribution in [0.4, 0.5) is 0 Å². The molecule has 0 bridgehead atoms. The fourth-order valence-corrected chi connectivity index (χ4v) is 2.32. The van der Waals surface area contributed by atoms with E-state index < -0.39 is 0 Å². The summed E-state index contributed by atoms with van der Waals surface area (Å²) < 4.78 is 0. The largest absolute Gasteiger partial charge is 0.325 e. The van der Waals surface area contributed by atoms with E-state index in [0.717, 1.165) is 19.3 Å². The molecule has 0 fully saturated rings. The Morgan fingerprint density at radius 1 is 0.789 bits per heavy atom. The van der Waals surface area contributed by atoms with Gasteiger partial charge in [-0.15, -0.1) is 12.4 Å². The van der Waals surface area contributed by atoms with Gasteiger partial charge >= 0.3 is 0 Å². The molecule has 0 amide bonds. The third-order valence-electron chi connectivity index (χ3n) is 3.50. The van der Waals surface area contributed by atoms with Gasteiger partial charge in [-0.25, -0.2) is 0 Å². The zero-order chi connectivity index (χ0) is 12.8. The minimum atomic E-state index is -0.150. The minimum Gasteiger partial charge on any atom is -0.325 e. The molecule has 102 valence electrons. The van der Waals surface area contributed by atoms with Gasteiger partial charge in [-0.2, -0.15) is 0 Å². The summed E-state index contributed by atoms with van der Waals surface area (Å²) in [6, 6.07) is 21.0. The van der Waals surface area contributed by atoms with Crippen molar-refractivity contribution in [1.82, 2.24) is 0 Å². The molecule has 19 heavy (non-hydrogen) atoms. The van der Waals surface area contributed by atoms with Crippen LogP contribution in [0.15, 0.2) is 60.7 Å². The second-order valence-corrected chi connectivity index (χ2v) is 5.04. The predicted molar refractivity (Wildman–Crippen MR) is 84.7 cm³/mol. The van der Waals surface area contributed by atoms with Gasteiger partial charge in [-0.05, 0) is 30.4 Å². The lowest BCUT2D eigenvalue weighted by molar-refractivity contribution is 0.404. The van der Waals surface area contributed by atoms with Crippen molar-refractivity contribution in [2.24, 2.45) is 5.73 Å². The molecule has 0 unspecified atom stereocenters. The topological polar surface area (TPSA) is 26.0 Å². The zero-order valence-electron chi connectivity index (χ0n) is 11.4. The Kier molecular flexibility index (Phi) is 6.07.